The second-order valence-electron chi connectivity index (χ2n) is 7.16. The fourth-order valence-corrected chi connectivity index (χ4v) is 3.55. The minimum Gasteiger partial charge on any atom is -0.395 e. The average Bonchev–Trinajstić information content (AvgIpc) is 2.65. The Morgan fingerprint density at radius 2 is 1.62 bits per heavy atom. The van der Waals surface area contributed by atoms with E-state index in [0.29, 0.717) is 6.54 Å². The summed E-state index contributed by atoms with van der Waals surface area (Å²) in [5, 5.41) is 39.0. The summed E-state index contributed by atoms with van der Waals surface area (Å²) >= 11 is 0. The van der Waals surface area contributed by atoms with Gasteiger partial charge in [-0.1, -0.05) is 30.7 Å². The van der Waals surface area contributed by atoms with Gasteiger partial charge in [0.25, 0.3) is 0 Å². The number of hydrogen-bond donors (Lipinski definition) is 4. The molecule has 4 N–H and O–H groups in total. The quantitative estimate of drug-likeness (QED) is 0.446. The summed E-state index contributed by atoms with van der Waals surface area (Å²) in [4.78, 5) is 1.88. The molecule has 1 aromatic carbocycles. The first-order chi connectivity index (χ1) is 12.6. The van der Waals surface area contributed by atoms with Gasteiger partial charge in [-0.2, -0.15) is 0 Å². The third-order valence-electron chi connectivity index (χ3n) is 5.24. The number of unbranched alkanes of at least 4 members (excludes halogenated alkanes) is 2. The van der Waals surface area contributed by atoms with Gasteiger partial charge in [0.05, 0.1) is 25.4 Å². The van der Waals surface area contributed by atoms with Gasteiger partial charge >= 0.3 is 0 Å². The zero-order valence-electron chi connectivity index (χ0n) is 15.6. The van der Waals surface area contributed by atoms with Crippen LogP contribution in [0.1, 0.15) is 30.4 Å². The van der Waals surface area contributed by atoms with E-state index in [1.54, 1.807) is 7.11 Å². The molecule has 0 saturated carbocycles. The standard InChI is InChI=1S/C20H33NO5/c1-26-12-10-16-8-6-15(7-9-16)5-3-2-4-11-21-13-18(23)20(25)19(24)17(21)14-22/h6-9,17-20,22-25H,2-5,10-14H2,1H3/t17-,18+,19-,20-/m1/s1. The van der Waals surface area contributed by atoms with E-state index in [0.717, 1.165) is 38.7 Å². The molecule has 2 rings (SSSR count). The van der Waals surface area contributed by atoms with E-state index in [1.165, 1.54) is 11.1 Å². The summed E-state index contributed by atoms with van der Waals surface area (Å²) in [5.41, 5.74) is 2.61. The number of piperidine rings is 1. The molecule has 26 heavy (non-hydrogen) atoms. The predicted octanol–water partition coefficient (Wildman–Crippen LogP) is 0.348. The van der Waals surface area contributed by atoms with Crippen molar-refractivity contribution in [3.63, 3.8) is 0 Å². The van der Waals surface area contributed by atoms with Crippen molar-refractivity contribution >= 4 is 0 Å². The molecule has 6 nitrogen and oxygen atoms in total. The van der Waals surface area contributed by atoms with Crippen molar-refractivity contribution in [2.24, 2.45) is 0 Å². The van der Waals surface area contributed by atoms with Gasteiger partial charge in [0.2, 0.25) is 0 Å². The smallest absolute Gasteiger partial charge is 0.109 e. The third-order valence-corrected chi connectivity index (χ3v) is 5.24. The van der Waals surface area contributed by atoms with Crippen LogP contribution in [0.15, 0.2) is 24.3 Å². The number of hydrogen-bond acceptors (Lipinski definition) is 6. The van der Waals surface area contributed by atoms with E-state index < -0.39 is 24.4 Å². The van der Waals surface area contributed by atoms with Crippen LogP contribution in [0.2, 0.25) is 0 Å². The molecule has 0 radical (unpaired) electrons. The van der Waals surface area contributed by atoms with Gasteiger partial charge in [0, 0.05) is 13.7 Å². The molecule has 0 amide bonds. The normalized spacial score (nSPS) is 27.0. The Kier molecular flexibility index (Phi) is 8.98. The summed E-state index contributed by atoms with van der Waals surface area (Å²) < 4.78 is 5.09. The molecule has 1 aliphatic heterocycles. The molecule has 1 aromatic rings. The molecule has 0 spiro atoms. The first-order valence-electron chi connectivity index (χ1n) is 9.52. The van der Waals surface area contributed by atoms with Crippen LogP contribution < -0.4 is 0 Å². The molecule has 1 heterocycles. The summed E-state index contributed by atoms with van der Waals surface area (Å²) in [6, 6.07) is 8.15. The lowest BCUT2D eigenvalue weighted by Crippen LogP contribution is -2.62. The third kappa shape index (κ3) is 6.01. The first kappa shape index (κ1) is 21.3. The number of methoxy groups -OCH3 is 1. The predicted molar refractivity (Wildman–Crippen MR) is 100 cm³/mol. The number of nitrogens with zero attached hydrogens (tertiary/aromatic N) is 1. The van der Waals surface area contributed by atoms with E-state index in [4.69, 9.17) is 4.74 Å². The van der Waals surface area contributed by atoms with E-state index in [2.05, 4.69) is 24.3 Å². The van der Waals surface area contributed by atoms with Gasteiger partial charge < -0.3 is 25.2 Å². The summed E-state index contributed by atoms with van der Waals surface area (Å²) in [6.07, 6.45) is 1.73. The monoisotopic (exact) mass is 367 g/mol. The minimum absolute atomic E-state index is 0.222. The largest absolute Gasteiger partial charge is 0.395 e. The Labute approximate surface area is 156 Å². The Bertz CT molecular complexity index is 509. The number of aliphatic hydroxyl groups excluding tert-OH is 4. The van der Waals surface area contributed by atoms with Gasteiger partial charge in [-0.3, -0.25) is 4.90 Å². The number of aliphatic hydroxyl groups is 4. The van der Waals surface area contributed by atoms with Gasteiger partial charge in [-0.05, 0) is 43.4 Å². The second-order valence-corrected chi connectivity index (χ2v) is 7.16. The Hall–Kier alpha value is -1.02. The van der Waals surface area contributed by atoms with Crippen molar-refractivity contribution in [3.8, 4) is 0 Å². The summed E-state index contributed by atoms with van der Waals surface area (Å²) in [5.74, 6) is 0. The molecule has 0 bridgehead atoms. The number of β-amino-alcohol motifs (C(OH)–C–C–N with tert-alkyl or cyclic N) is 1. The van der Waals surface area contributed by atoms with Gasteiger partial charge in [-0.25, -0.2) is 0 Å². The van der Waals surface area contributed by atoms with Crippen molar-refractivity contribution in [2.75, 3.05) is 33.4 Å². The molecule has 0 aliphatic carbocycles. The van der Waals surface area contributed by atoms with Crippen molar-refractivity contribution in [1.82, 2.24) is 4.90 Å². The SMILES string of the molecule is COCCc1ccc(CCCCCN2C[C@H](O)[C@@H](O)[C@H](O)[C@H]2CO)cc1. The zero-order chi connectivity index (χ0) is 18.9. The number of benzene rings is 1. The molecule has 1 saturated heterocycles. The fourth-order valence-electron chi connectivity index (χ4n) is 3.55. The molecular formula is C20H33NO5. The molecule has 4 atom stereocenters. The van der Waals surface area contributed by atoms with Crippen LogP contribution in [-0.4, -0.2) is 83.1 Å². The summed E-state index contributed by atoms with van der Waals surface area (Å²) in [7, 11) is 1.71. The minimum atomic E-state index is -1.18. The van der Waals surface area contributed by atoms with E-state index in [9.17, 15) is 20.4 Å². The van der Waals surface area contributed by atoms with Gasteiger partial charge in [0.1, 0.15) is 12.2 Å². The van der Waals surface area contributed by atoms with Crippen LogP contribution in [0.25, 0.3) is 0 Å². The maximum absolute atomic E-state index is 9.99. The van der Waals surface area contributed by atoms with Crippen LogP contribution in [0, 0.1) is 0 Å². The van der Waals surface area contributed by atoms with Crippen LogP contribution in [0.3, 0.4) is 0 Å². The highest BCUT2D eigenvalue weighted by atomic mass is 16.5. The Morgan fingerprint density at radius 1 is 0.962 bits per heavy atom. The molecule has 0 aromatic heterocycles. The molecule has 6 heteroatoms. The second kappa shape index (κ2) is 11.0. The van der Waals surface area contributed by atoms with Crippen molar-refractivity contribution < 1.29 is 25.2 Å². The number of aryl methyl sites for hydroxylation is 1. The van der Waals surface area contributed by atoms with Crippen LogP contribution in [0.4, 0.5) is 0 Å². The Balaban J connectivity index is 1.68. The molecule has 148 valence electrons. The zero-order valence-corrected chi connectivity index (χ0v) is 15.6. The first-order valence-corrected chi connectivity index (χ1v) is 9.52. The highest BCUT2D eigenvalue weighted by Gasteiger charge is 2.40. The highest BCUT2D eigenvalue weighted by Crippen LogP contribution is 2.20. The van der Waals surface area contributed by atoms with Crippen LogP contribution >= 0.6 is 0 Å². The number of rotatable bonds is 10. The number of ether oxygens (including phenoxy) is 1. The Morgan fingerprint density at radius 3 is 2.23 bits per heavy atom. The van der Waals surface area contributed by atoms with Crippen molar-refractivity contribution in [2.45, 2.75) is 56.5 Å². The van der Waals surface area contributed by atoms with Gasteiger partial charge in [0.15, 0.2) is 0 Å². The average molecular weight is 367 g/mol. The maximum Gasteiger partial charge on any atom is 0.109 e. The van der Waals surface area contributed by atoms with E-state index in [1.807, 2.05) is 4.90 Å². The molecule has 0 unspecified atom stereocenters. The highest BCUT2D eigenvalue weighted by molar-refractivity contribution is 5.22. The van der Waals surface area contributed by atoms with Crippen molar-refractivity contribution in [1.29, 1.82) is 0 Å². The molecule has 1 aliphatic rings. The van der Waals surface area contributed by atoms with Gasteiger partial charge in [-0.15, -0.1) is 0 Å². The van der Waals surface area contributed by atoms with Crippen LogP contribution in [0.5, 0.6) is 0 Å². The lowest BCUT2D eigenvalue weighted by atomic mass is 9.94. The molecular weight excluding hydrogens is 334 g/mol. The fraction of sp³-hybridized carbons (Fsp3) is 0.700. The van der Waals surface area contributed by atoms with E-state index >= 15 is 0 Å². The maximum atomic E-state index is 9.99. The lowest BCUT2D eigenvalue weighted by molar-refractivity contribution is -0.145. The number of likely N-dealkylation sites (tertiary alicyclic amines) is 1. The summed E-state index contributed by atoms with van der Waals surface area (Å²) in [6.45, 7) is 1.50. The van der Waals surface area contributed by atoms with Crippen molar-refractivity contribution in [3.05, 3.63) is 35.4 Å². The lowest BCUT2D eigenvalue weighted by Gasteiger charge is -2.43. The van der Waals surface area contributed by atoms with Crippen LogP contribution in [-0.2, 0) is 17.6 Å². The van der Waals surface area contributed by atoms with E-state index in [-0.39, 0.29) is 13.2 Å². The molecule has 1 fully saturated rings. The topological polar surface area (TPSA) is 93.4 Å².